The largest absolute Gasteiger partial charge is 1.00 e. The summed E-state index contributed by atoms with van der Waals surface area (Å²) in [5.74, 6) is 0.324. The molecule has 18 heavy (non-hydrogen) atoms. The van der Waals surface area contributed by atoms with E-state index in [0.717, 1.165) is 5.75 Å². The van der Waals surface area contributed by atoms with Gasteiger partial charge in [0.2, 0.25) is 5.91 Å². The van der Waals surface area contributed by atoms with Crippen molar-refractivity contribution in [3.8, 4) is 0 Å². The van der Waals surface area contributed by atoms with Gasteiger partial charge in [0.15, 0.2) is 0 Å². The fourth-order valence-corrected chi connectivity index (χ4v) is 1.80. The van der Waals surface area contributed by atoms with Gasteiger partial charge in [-0.3, -0.25) is 4.79 Å². The molecule has 0 aliphatic heterocycles. The van der Waals surface area contributed by atoms with Gasteiger partial charge in [0, 0.05) is 6.42 Å². The molecule has 1 atom stereocenters. The van der Waals surface area contributed by atoms with Gasteiger partial charge in [0.25, 0.3) is 0 Å². The van der Waals surface area contributed by atoms with Crippen molar-refractivity contribution in [2.75, 3.05) is 18.3 Å². The maximum Gasteiger partial charge on any atom is 0.408 e. The second-order valence-electron chi connectivity index (χ2n) is 5.08. The summed E-state index contributed by atoms with van der Waals surface area (Å²) in [6.07, 6.45) is 4.09. The Hall–Kier alpha value is -0.180. The maximum atomic E-state index is 11.5. The van der Waals surface area contributed by atoms with Gasteiger partial charge in [-0.25, -0.2) is 4.79 Å². The summed E-state index contributed by atoms with van der Waals surface area (Å²) in [4.78, 5) is 22.6. The summed E-state index contributed by atoms with van der Waals surface area (Å²) in [7, 11) is 0.214. The number of ether oxygens (including phenoxy) is 1. The van der Waals surface area contributed by atoms with Crippen LogP contribution < -0.4 is 35.0 Å². The zero-order valence-electron chi connectivity index (χ0n) is 11.6. The first-order chi connectivity index (χ1) is 7.61. The van der Waals surface area contributed by atoms with Crippen LogP contribution in [0, 0.1) is 0 Å². The summed E-state index contributed by atoms with van der Waals surface area (Å²) in [6.45, 7) is 5.30. The number of amides is 2. The number of carbonyl (C=O) groups excluding carboxylic acids is 2. The summed E-state index contributed by atoms with van der Waals surface area (Å²) >= 11 is 0. The third-order valence-corrected chi connectivity index (χ3v) is 2.90. The molecule has 5 nitrogen and oxygen atoms in total. The van der Waals surface area contributed by atoms with Crippen LogP contribution in [0.1, 0.15) is 27.2 Å². The van der Waals surface area contributed by atoms with E-state index in [9.17, 15) is 9.59 Å². The molecule has 0 aliphatic carbocycles. The summed E-state index contributed by atoms with van der Waals surface area (Å²) < 4.78 is 5.07. The molecule has 2 amide bonds. The molecule has 0 unspecified atom stereocenters. The lowest BCUT2D eigenvalue weighted by Crippen LogP contribution is -3.00. The monoisotopic (exact) mass is 390 g/mol. The maximum absolute atomic E-state index is 11.5. The van der Waals surface area contributed by atoms with Crippen LogP contribution in [0.5, 0.6) is 0 Å². The molecule has 0 saturated heterocycles. The van der Waals surface area contributed by atoms with Crippen LogP contribution in [0.15, 0.2) is 0 Å². The van der Waals surface area contributed by atoms with E-state index in [1.807, 2.05) is 0 Å². The number of alkyl carbamates (subject to hydrolysis) is 1. The molecular formula is C11H23IN2O3S. The van der Waals surface area contributed by atoms with Crippen LogP contribution in [0.3, 0.4) is 0 Å². The van der Waals surface area contributed by atoms with Crippen LogP contribution >= 0.6 is 0 Å². The normalized spacial score (nSPS) is 12.6. The van der Waals surface area contributed by atoms with Crippen LogP contribution in [-0.4, -0.2) is 41.9 Å². The number of rotatable bonds is 5. The van der Waals surface area contributed by atoms with Gasteiger partial charge in [0.05, 0.1) is 12.5 Å². The average molecular weight is 390 g/mol. The minimum Gasteiger partial charge on any atom is -1.00 e. The zero-order valence-corrected chi connectivity index (χ0v) is 14.6. The summed E-state index contributed by atoms with van der Waals surface area (Å²) in [6, 6.07) is -0.653. The second kappa shape index (κ2) is 8.84. The van der Waals surface area contributed by atoms with E-state index in [-0.39, 0.29) is 34.9 Å². The average Bonchev–Trinajstić information content (AvgIpc) is 2.08. The van der Waals surface area contributed by atoms with Crippen molar-refractivity contribution in [1.29, 1.82) is 0 Å². The van der Waals surface area contributed by atoms with Gasteiger partial charge in [0.1, 0.15) is 17.4 Å². The highest BCUT2D eigenvalue weighted by Gasteiger charge is 2.23. The van der Waals surface area contributed by atoms with Gasteiger partial charge in [-0.05, 0) is 31.7 Å². The van der Waals surface area contributed by atoms with Gasteiger partial charge >= 0.3 is 6.09 Å². The molecular weight excluding hydrogens is 367 g/mol. The first-order valence-electron chi connectivity index (χ1n) is 5.45. The van der Waals surface area contributed by atoms with E-state index in [4.69, 9.17) is 10.5 Å². The Kier molecular flexibility index (Phi) is 9.89. The molecule has 0 fully saturated rings. The standard InChI is InChI=1S/C11H22N2O3S.HI/c1-11(2,3)16-10(15)13-8(9(12)14)6-7-17(4)5;/h8H,6-7H2,1-5H3,(H2-,12,13,14,15);1H/t8-;/m1./s1. The smallest absolute Gasteiger partial charge is 0.408 e. The number of halogens is 1. The van der Waals surface area contributed by atoms with E-state index in [0.29, 0.717) is 6.42 Å². The molecule has 108 valence electrons. The first kappa shape index (κ1) is 20.1. The van der Waals surface area contributed by atoms with Crippen LogP contribution in [-0.2, 0) is 20.4 Å². The predicted octanol–water partition coefficient (Wildman–Crippen LogP) is -2.36. The SMILES string of the molecule is C[S+](C)CC[C@@H](NC(=O)OC(C)(C)C)C(N)=O.[I-]. The van der Waals surface area contributed by atoms with Crippen molar-refractivity contribution in [3.63, 3.8) is 0 Å². The molecule has 7 heteroatoms. The molecule has 0 aromatic carbocycles. The molecule has 0 aliphatic rings. The van der Waals surface area contributed by atoms with E-state index >= 15 is 0 Å². The molecule has 0 rings (SSSR count). The Morgan fingerprint density at radius 3 is 2.17 bits per heavy atom. The Morgan fingerprint density at radius 1 is 1.33 bits per heavy atom. The van der Waals surface area contributed by atoms with Crippen molar-refractivity contribution >= 4 is 22.9 Å². The Labute approximate surface area is 129 Å². The first-order valence-corrected chi connectivity index (χ1v) is 7.66. The summed E-state index contributed by atoms with van der Waals surface area (Å²) in [5, 5.41) is 2.50. The number of nitrogens with one attached hydrogen (secondary N) is 1. The minimum absolute atomic E-state index is 0. The number of hydrogen-bond acceptors (Lipinski definition) is 3. The van der Waals surface area contributed by atoms with E-state index < -0.39 is 23.6 Å². The fourth-order valence-electron chi connectivity index (χ4n) is 1.09. The predicted molar refractivity (Wildman–Crippen MR) is 71.0 cm³/mol. The number of nitrogens with two attached hydrogens (primary N) is 1. The Bertz CT molecular complexity index is 280. The van der Waals surface area contributed by atoms with Gasteiger partial charge in [-0.1, -0.05) is 0 Å². The van der Waals surface area contributed by atoms with Crippen LogP contribution in [0.2, 0.25) is 0 Å². The van der Waals surface area contributed by atoms with Gasteiger partial charge in [-0.2, -0.15) is 0 Å². The van der Waals surface area contributed by atoms with Gasteiger partial charge in [-0.15, -0.1) is 0 Å². The molecule has 0 aromatic heterocycles. The molecule has 0 bridgehead atoms. The highest BCUT2D eigenvalue weighted by Crippen LogP contribution is 2.07. The summed E-state index contributed by atoms with van der Waals surface area (Å²) in [5.41, 5.74) is 4.65. The van der Waals surface area contributed by atoms with E-state index in [1.165, 1.54) is 0 Å². The molecule has 0 saturated carbocycles. The Balaban J connectivity index is 0. The molecule has 0 heterocycles. The molecule has 0 spiro atoms. The topological polar surface area (TPSA) is 81.4 Å². The van der Waals surface area contributed by atoms with Crippen molar-refractivity contribution < 1.29 is 38.3 Å². The van der Waals surface area contributed by atoms with E-state index in [1.54, 1.807) is 20.8 Å². The number of primary amides is 1. The van der Waals surface area contributed by atoms with Crippen molar-refractivity contribution in [2.45, 2.75) is 38.8 Å². The molecule has 0 aromatic rings. The van der Waals surface area contributed by atoms with Crippen molar-refractivity contribution in [3.05, 3.63) is 0 Å². The number of carbonyl (C=O) groups is 2. The fraction of sp³-hybridized carbons (Fsp3) is 0.818. The van der Waals surface area contributed by atoms with E-state index in [2.05, 4.69) is 17.8 Å². The lowest BCUT2D eigenvalue weighted by Gasteiger charge is -2.22. The Morgan fingerprint density at radius 2 is 1.83 bits per heavy atom. The third kappa shape index (κ3) is 10.9. The molecule has 0 radical (unpaired) electrons. The zero-order chi connectivity index (χ0) is 13.6. The van der Waals surface area contributed by atoms with Crippen LogP contribution in [0.25, 0.3) is 0 Å². The molecule has 3 N–H and O–H groups in total. The van der Waals surface area contributed by atoms with Crippen LogP contribution in [0.4, 0.5) is 4.79 Å². The quantitative estimate of drug-likeness (QED) is 0.407. The third-order valence-electron chi connectivity index (χ3n) is 1.85. The lowest BCUT2D eigenvalue weighted by atomic mass is 10.2. The van der Waals surface area contributed by atoms with Gasteiger partial charge < -0.3 is 39.8 Å². The highest BCUT2D eigenvalue weighted by molar-refractivity contribution is 7.95. The lowest BCUT2D eigenvalue weighted by molar-refractivity contribution is -0.120. The van der Waals surface area contributed by atoms with Crippen molar-refractivity contribution in [1.82, 2.24) is 5.32 Å². The minimum atomic E-state index is -0.653. The number of hydrogen-bond donors (Lipinski definition) is 2. The second-order valence-corrected chi connectivity index (χ2v) is 7.46. The highest BCUT2D eigenvalue weighted by atomic mass is 127. The van der Waals surface area contributed by atoms with Crippen molar-refractivity contribution in [2.24, 2.45) is 5.73 Å².